The zero-order valence-corrected chi connectivity index (χ0v) is 10.0. The lowest BCUT2D eigenvalue weighted by Gasteiger charge is -2.09. The Morgan fingerprint density at radius 2 is 1.94 bits per heavy atom. The van der Waals surface area contributed by atoms with Crippen LogP contribution in [0.5, 0.6) is 0 Å². The number of benzene rings is 1. The second-order valence-electron chi connectivity index (χ2n) is 3.40. The number of ketones is 1. The van der Waals surface area contributed by atoms with Crippen LogP contribution in [-0.4, -0.2) is 23.5 Å². The lowest BCUT2D eigenvalue weighted by molar-refractivity contribution is -0.120. The fourth-order valence-corrected chi connectivity index (χ4v) is 1.56. The van der Waals surface area contributed by atoms with Crippen molar-refractivity contribution in [2.45, 2.75) is 18.6 Å². The fourth-order valence-electron chi connectivity index (χ4n) is 1.30. The van der Waals surface area contributed by atoms with Gasteiger partial charge in [0.05, 0.1) is 5.25 Å². The van der Waals surface area contributed by atoms with Gasteiger partial charge in [-0.05, 0) is 6.92 Å². The highest BCUT2D eigenvalue weighted by Crippen LogP contribution is 2.09. The molecular weight excluding hydrogens is 222 g/mol. The Hall–Kier alpha value is -1.29. The van der Waals surface area contributed by atoms with Crippen molar-refractivity contribution >= 4 is 24.3 Å². The maximum absolute atomic E-state index is 11.7. The van der Waals surface area contributed by atoms with E-state index in [1.54, 1.807) is 24.3 Å². The Morgan fingerprint density at radius 1 is 1.31 bits per heavy atom. The molecule has 4 heteroatoms. The van der Waals surface area contributed by atoms with Crippen molar-refractivity contribution in [2.75, 3.05) is 6.54 Å². The largest absolute Gasteiger partial charge is 0.355 e. The van der Waals surface area contributed by atoms with Crippen LogP contribution in [0.15, 0.2) is 30.3 Å². The van der Waals surface area contributed by atoms with Crippen molar-refractivity contribution < 1.29 is 9.59 Å². The summed E-state index contributed by atoms with van der Waals surface area (Å²) >= 11 is 4.12. The van der Waals surface area contributed by atoms with E-state index in [4.69, 9.17) is 0 Å². The minimum Gasteiger partial charge on any atom is -0.355 e. The number of nitrogens with one attached hydrogen (secondary N) is 1. The van der Waals surface area contributed by atoms with Gasteiger partial charge in [-0.3, -0.25) is 9.59 Å². The molecule has 86 valence electrons. The zero-order valence-electron chi connectivity index (χ0n) is 9.14. The lowest BCUT2D eigenvalue weighted by atomic mass is 10.1. The van der Waals surface area contributed by atoms with E-state index in [-0.39, 0.29) is 18.1 Å². The van der Waals surface area contributed by atoms with E-state index < -0.39 is 5.25 Å². The predicted octanol–water partition coefficient (Wildman–Crippen LogP) is 1.69. The van der Waals surface area contributed by atoms with Gasteiger partial charge in [-0.1, -0.05) is 30.3 Å². The van der Waals surface area contributed by atoms with Crippen molar-refractivity contribution in [3.05, 3.63) is 35.9 Å². The number of carbonyl (C=O) groups is 2. The Balaban J connectivity index is 2.55. The number of Topliss-reactive ketones (excluding diaryl/α,β-unsaturated/α-hetero) is 1. The summed E-state index contributed by atoms with van der Waals surface area (Å²) in [5.41, 5.74) is 0.617. The third-order valence-electron chi connectivity index (χ3n) is 2.13. The zero-order chi connectivity index (χ0) is 12.0. The summed E-state index contributed by atoms with van der Waals surface area (Å²) in [4.78, 5) is 23.1. The number of rotatable bonds is 5. The molecule has 0 fully saturated rings. The van der Waals surface area contributed by atoms with Gasteiger partial charge in [0.2, 0.25) is 5.91 Å². The van der Waals surface area contributed by atoms with Crippen LogP contribution in [0.25, 0.3) is 0 Å². The molecule has 0 unspecified atom stereocenters. The lowest BCUT2D eigenvalue weighted by Crippen LogP contribution is -2.32. The highest BCUT2D eigenvalue weighted by molar-refractivity contribution is 7.81. The Kier molecular flexibility index (Phi) is 5.05. The molecule has 1 atom stereocenters. The van der Waals surface area contributed by atoms with E-state index >= 15 is 0 Å². The first kappa shape index (κ1) is 12.8. The molecule has 1 aromatic carbocycles. The van der Waals surface area contributed by atoms with E-state index in [0.29, 0.717) is 12.1 Å². The van der Waals surface area contributed by atoms with Crippen LogP contribution in [0.4, 0.5) is 0 Å². The van der Waals surface area contributed by atoms with Crippen LogP contribution in [0.2, 0.25) is 0 Å². The standard InChI is InChI=1S/C12H15NO2S/c1-2-13-12(15)11(16)8-10(14)9-6-4-3-5-7-9/h3-7,11,16H,2,8H2,1H3,(H,13,15)/t11-/m1/s1. The third-order valence-corrected chi connectivity index (χ3v) is 2.55. The molecule has 1 amide bonds. The number of hydrogen-bond acceptors (Lipinski definition) is 3. The molecule has 16 heavy (non-hydrogen) atoms. The predicted molar refractivity (Wildman–Crippen MR) is 66.8 cm³/mol. The highest BCUT2D eigenvalue weighted by Gasteiger charge is 2.17. The molecule has 0 heterocycles. The van der Waals surface area contributed by atoms with Crippen LogP contribution in [0.3, 0.4) is 0 Å². The fraction of sp³-hybridized carbons (Fsp3) is 0.333. The number of thiol groups is 1. The Bertz CT molecular complexity index is 365. The highest BCUT2D eigenvalue weighted by atomic mass is 32.1. The van der Waals surface area contributed by atoms with Crippen LogP contribution in [0.1, 0.15) is 23.7 Å². The Labute approximate surface area is 101 Å². The van der Waals surface area contributed by atoms with Crippen LogP contribution < -0.4 is 5.32 Å². The van der Waals surface area contributed by atoms with Gasteiger partial charge in [-0.2, -0.15) is 12.6 Å². The molecule has 0 radical (unpaired) electrons. The summed E-state index contributed by atoms with van der Waals surface area (Å²) in [6.45, 7) is 2.38. The van der Waals surface area contributed by atoms with E-state index in [2.05, 4.69) is 17.9 Å². The molecule has 0 saturated carbocycles. The van der Waals surface area contributed by atoms with Crippen LogP contribution >= 0.6 is 12.6 Å². The first-order chi connectivity index (χ1) is 7.65. The average molecular weight is 237 g/mol. The first-order valence-corrected chi connectivity index (χ1v) is 5.70. The minimum atomic E-state index is -0.576. The summed E-state index contributed by atoms with van der Waals surface area (Å²) in [5, 5.41) is 2.06. The average Bonchev–Trinajstić information content (AvgIpc) is 2.30. The molecule has 0 saturated heterocycles. The summed E-state index contributed by atoms with van der Waals surface area (Å²) < 4.78 is 0. The van der Waals surface area contributed by atoms with E-state index in [1.165, 1.54) is 0 Å². The quantitative estimate of drug-likeness (QED) is 0.605. The van der Waals surface area contributed by atoms with Crippen molar-refractivity contribution in [1.29, 1.82) is 0 Å². The second kappa shape index (κ2) is 6.33. The van der Waals surface area contributed by atoms with Crippen molar-refractivity contribution in [2.24, 2.45) is 0 Å². The smallest absolute Gasteiger partial charge is 0.233 e. The number of carbonyl (C=O) groups excluding carboxylic acids is 2. The second-order valence-corrected chi connectivity index (χ2v) is 4.03. The normalized spacial score (nSPS) is 11.9. The van der Waals surface area contributed by atoms with E-state index in [9.17, 15) is 9.59 Å². The van der Waals surface area contributed by atoms with Gasteiger partial charge in [0.25, 0.3) is 0 Å². The van der Waals surface area contributed by atoms with Crippen LogP contribution in [-0.2, 0) is 4.79 Å². The van der Waals surface area contributed by atoms with Gasteiger partial charge in [-0.15, -0.1) is 0 Å². The molecule has 0 aromatic heterocycles. The molecule has 1 N–H and O–H groups in total. The molecule has 0 aliphatic heterocycles. The molecular formula is C12H15NO2S. The molecule has 1 rings (SSSR count). The summed E-state index contributed by atoms with van der Waals surface area (Å²) in [5.74, 6) is -0.262. The van der Waals surface area contributed by atoms with Gasteiger partial charge in [0, 0.05) is 18.5 Å². The van der Waals surface area contributed by atoms with Gasteiger partial charge >= 0.3 is 0 Å². The van der Waals surface area contributed by atoms with Crippen molar-refractivity contribution in [1.82, 2.24) is 5.32 Å². The summed E-state index contributed by atoms with van der Waals surface area (Å²) in [6, 6.07) is 8.92. The van der Waals surface area contributed by atoms with E-state index in [0.717, 1.165) is 0 Å². The maximum Gasteiger partial charge on any atom is 0.233 e. The van der Waals surface area contributed by atoms with Gasteiger partial charge in [-0.25, -0.2) is 0 Å². The Morgan fingerprint density at radius 3 is 2.50 bits per heavy atom. The minimum absolute atomic E-state index is 0.0631. The molecule has 0 aliphatic rings. The monoisotopic (exact) mass is 237 g/mol. The maximum atomic E-state index is 11.7. The third kappa shape index (κ3) is 3.70. The first-order valence-electron chi connectivity index (χ1n) is 5.19. The van der Waals surface area contributed by atoms with Crippen molar-refractivity contribution in [3.8, 4) is 0 Å². The number of hydrogen-bond donors (Lipinski definition) is 2. The molecule has 3 nitrogen and oxygen atoms in total. The SMILES string of the molecule is CCNC(=O)[C@H](S)CC(=O)c1ccccc1. The topological polar surface area (TPSA) is 46.2 Å². The molecule has 0 aliphatic carbocycles. The van der Waals surface area contributed by atoms with E-state index in [1.807, 2.05) is 13.0 Å². The summed E-state index contributed by atoms with van der Waals surface area (Å²) in [7, 11) is 0. The van der Waals surface area contributed by atoms with Gasteiger partial charge in [0.15, 0.2) is 5.78 Å². The number of amides is 1. The molecule has 0 bridgehead atoms. The molecule has 1 aromatic rings. The van der Waals surface area contributed by atoms with Crippen molar-refractivity contribution in [3.63, 3.8) is 0 Å². The van der Waals surface area contributed by atoms with Gasteiger partial charge in [0.1, 0.15) is 0 Å². The molecule has 0 spiro atoms. The summed E-state index contributed by atoms with van der Waals surface area (Å²) in [6.07, 6.45) is 0.124. The van der Waals surface area contributed by atoms with Crippen LogP contribution in [0, 0.1) is 0 Å². The van der Waals surface area contributed by atoms with Gasteiger partial charge < -0.3 is 5.32 Å².